The number of rotatable bonds is 4. The number of nitrogens with zero attached hydrogens (tertiary/aromatic N) is 1. The Morgan fingerprint density at radius 1 is 1.20 bits per heavy atom. The fourth-order valence-corrected chi connectivity index (χ4v) is 2.81. The standard InChI is InChI=1S/C14H15F3N2S/c1-9(2)13(11-4-3-7-20-11)19-10-5-6-12(18-8-10)14(15,16)17/h3-9,13,19H,1-2H3. The van der Waals surface area contributed by atoms with Crippen molar-refractivity contribution in [1.82, 2.24) is 4.98 Å². The summed E-state index contributed by atoms with van der Waals surface area (Å²) in [6, 6.07) is 6.45. The third kappa shape index (κ3) is 3.50. The van der Waals surface area contributed by atoms with Crippen molar-refractivity contribution in [1.29, 1.82) is 0 Å². The van der Waals surface area contributed by atoms with Crippen molar-refractivity contribution >= 4 is 17.0 Å². The lowest BCUT2D eigenvalue weighted by Gasteiger charge is -2.22. The van der Waals surface area contributed by atoms with Gasteiger partial charge < -0.3 is 5.32 Å². The highest BCUT2D eigenvalue weighted by molar-refractivity contribution is 7.10. The summed E-state index contributed by atoms with van der Waals surface area (Å²) in [6.07, 6.45) is -3.17. The second kappa shape index (κ2) is 5.83. The number of anilines is 1. The van der Waals surface area contributed by atoms with E-state index in [1.165, 1.54) is 12.3 Å². The number of hydrogen-bond acceptors (Lipinski definition) is 3. The highest BCUT2D eigenvalue weighted by Crippen LogP contribution is 2.31. The topological polar surface area (TPSA) is 24.9 Å². The molecular formula is C14H15F3N2S. The second-order valence-electron chi connectivity index (χ2n) is 4.81. The number of alkyl halides is 3. The molecule has 0 bridgehead atoms. The monoisotopic (exact) mass is 300 g/mol. The summed E-state index contributed by atoms with van der Waals surface area (Å²) in [5, 5.41) is 5.22. The van der Waals surface area contributed by atoms with Gasteiger partial charge in [0.15, 0.2) is 0 Å². The van der Waals surface area contributed by atoms with Crippen molar-refractivity contribution in [3.63, 3.8) is 0 Å². The van der Waals surface area contributed by atoms with Gasteiger partial charge in [0.2, 0.25) is 0 Å². The third-order valence-corrected chi connectivity index (χ3v) is 3.85. The average Bonchev–Trinajstić information content (AvgIpc) is 2.88. The second-order valence-corrected chi connectivity index (χ2v) is 5.79. The zero-order valence-electron chi connectivity index (χ0n) is 11.1. The highest BCUT2D eigenvalue weighted by Gasteiger charge is 2.32. The van der Waals surface area contributed by atoms with E-state index in [1.54, 1.807) is 11.3 Å². The van der Waals surface area contributed by atoms with Gasteiger partial charge in [0.05, 0.1) is 17.9 Å². The van der Waals surface area contributed by atoms with Gasteiger partial charge in [0.25, 0.3) is 0 Å². The van der Waals surface area contributed by atoms with Crippen LogP contribution in [0.5, 0.6) is 0 Å². The molecule has 0 aromatic carbocycles. The van der Waals surface area contributed by atoms with Crippen LogP contribution in [-0.4, -0.2) is 4.98 Å². The first-order chi connectivity index (χ1) is 9.38. The third-order valence-electron chi connectivity index (χ3n) is 2.89. The summed E-state index contributed by atoms with van der Waals surface area (Å²) in [6.45, 7) is 4.13. The van der Waals surface area contributed by atoms with Crippen LogP contribution < -0.4 is 5.32 Å². The largest absolute Gasteiger partial charge is 0.433 e. The molecule has 2 aromatic rings. The van der Waals surface area contributed by atoms with Gasteiger partial charge in [0, 0.05) is 4.88 Å². The maximum atomic E-state index is 12.5. The summed E-state index contributed by atoms with van der Waals surface area (Å²) in [4.78, 5) is 4.61. The smallest absolute Gasteiger partial charge is 0.376 e. The van der Waals surface area contributed by atoms with E-state index in [2.05, 4.69) is 24.1 Å². The first kappa shape index (κ1) is 14.8. The van der Waals surface area contributed by atoms with Gasteiger partial charge in [-0.25, -0.2) is 4.98 Å². The molecule has 0 aliphatic heterocycles. The molecule has 0 aliphatic rings. The fourth-order valence-electron chi connectivity index (χ4n) is 1.86. The number of hydrogen-bond donors (Lipinski definition) is 1. The van der Waals surface area contributed by atoms with E-state index in [0.29, 0.717) is 11.6 Å². The van der Waals surface area contributed by atoms with Gasteiger partial charge in [-0.1, -0.05) is 19.9 Å². The molecule has 0 spiro atoms. The van der Waals surface area contributed by atoms with E-state index in [1.807, 2.05) is 17.5 Å². The Balaban J connectivity index is 2.16. The molecule has 0 saturated carbocycles. The number of halogens is 3. The molecule has 2 aromatic heterocycles. The molecule has 6 heteroatoms. The number of thiophene rings is 1. The Bertz CT molecular complexity index is 533. The van der Waals surface area contributed by atoms with Gasteiger partial charge in [-0.15, -0.1) is 11.3 Å². The molecule has 0 fully saturated rings. The molecule has 0 radical (unpaired) electrons. The van der Waals surface area contributed by atoms with E-state index < -0.39 is 11.9 Å². The Hall–Kier alpha value is -1.56. The van der Waals surface area contributed by atoms with Gasteiger partial charge in [-0.2, -0.15) is 13.2 Å². The molecular weight excluding hydrogens is 285 g/mol. The molecule has 0 aliphatic carbocycles. The van der Waals surface area contributed by atoms with Crippen LogP contribution in [0.25, 0.3) is 0 Å². The highest BCUT2D eigenvalue weighted by atomic mass is 32.1. The summed E-state index contributed by atoms with van der Waals surface area (Å²) < 4.78 is 37.4. The Kier molecular flexibility index (Phi) is 4.32. The molecule has 2 heterocycles. The first-order valence-electron chi connectivity index (χ1n) is 6.21. The quantitative estimate of drug-likeness (QED) is 0.862. The predicted molar refractivity (Wildman–Crippen MR) is 74.8 cm³/mol. The van der Waals surface area contributed by atoms with Crippen LogP contribution in [0.15, 0.2) is 35.8 Å². The van der Waals surface area contributed by atoms with Crippen molar-refractivity contribution in [2.45, 2.75) is 26.1 Å². The van der Waals surface area contributed by atoms with Gasteiger partial charge in [0.1, 0.15) is 5.69 Å². The van der Waals surface area contributed by atoms with E-state index in [0.717, 1.165) is 10.9 Å². The molecule has 0 saturated heterocycles. The molecule has 2 rings (SSSR count). The van der Waals surface area contributed by atoms with Crippen LogP contribution >= 0.6 is 11.3 Å². The number of nitrogens with one attached hydrogen (secondary N) is 1. The van der Waals surface area contributed by atoms with E-state index in [9.17, 15) is 13.2 Å². The fraction of sp³-hybridized carbons (Fsp3) is 0.357. The van der Waals surface area contributed by atoms with Crippen molar-refractivity contribution < 1.29 is 13.2 Å². The van der Waals surface area contributed by atoms with Crippen LogP contribution in [0.1, 0.15) is 30.5 Å². The Morgan fingerprint density at radius 3 is 2.40 bits per heavy atom. The molecule has 1 atom stereocenters. The van der Waals surface area contributed by atoms with Crippen molar-refractivity contribution in [2.75, 3.05) is 5.32 Å². The summed E-state index contributed by atoms with van der Waals surface area (Å²) in [7, 11) is 0. The van der Waals surface area contributed by atoms with E-state index in [-0.39, 0.29) is 6.04 Å². The molecule has 0 amide bonds. The zero-order chi connectivity index (χ0) is 14.8. The lowest BCUT2D eigenvalue weighted by molar-refractivity contribution is -0.141. The summed E-state index contributed by atoms with van der Waals surface area (Å²) in [5.41, 5.74) is -0.287. The Labute approximate surface area is 119 Å². The zero-order valence-corrected chi connectivity index (χ0v) is 11.9. The van der Waals surface area contributed by atoms with Crippen LogP contribution in [0.4, 0.5) is 18.9 Å². The summed E-state index contributed by atoms with van der Waals surface area (Å²) >= 11 is 1.62. The van der Waals surface area contributed by atoms with Gasteiger partial charge >= 0.3 is 6.18 Å². The van der Waals surface area contributed by atoms with Gasteiger partial charge in [-0.05, 0) is 29.5 Å². The molecule has 1 unspecified atom stereocenters. The van der Waals surface area contributed by atoms with Crippen molar-refractivity contribution in [3.05, 3.63) is 46.4 Å². The minimum Gasteiger partial charge on any atom is -0.376 e. The maximum absolute atomic E-state index is 12.5. The normalized spacial score (nSPS) is 13.5. The lowest BCUT2D eigenvalue weighted by Crippen LogP contribution is -2.16. The van der Waals surface area contributed by atoms with Crippen LogP contribution in [0.2, 0.25) is 0 Å². The van der Waals surface area contributed by atoms with Gasteiger partial charge in [-0.3, -0.25) is 0 Å². The first-order valence-corrected chi connectivity index (χ1v) is 7.09. The minimum atomic E-state index is -4.40. The van der Waals surface area contributed by atoms with E-state index >= 15 is 0 Å². The molecule has 20 heavy (non-hydrogen) atoms. The van der Waals surface area contributed by atoms with Crippen LogP contribution in [0.3, 0.4) is 0 Å². The Morgan fingerprint density at radius 2 is 1.95 bits per heavy atom. The van der Waals surface area contributed by atoms with E-state index in [4.69, 9.17) is 0 Å². The maximum Gasteiger partial charge on any atom is 0.433 e. The molecule has 2 nitrogen and oxygen atoms in total. The molecule has 108 valence electrons. The lowest BCUT2D eigenvalue weighted by atomic mass is 10.0. The predicted octanol–water partition coefficient (Wildman–Crippen LogP) is 4.97. The summed E-state index contributed by atoms with van der Waals surface area (Å²) in [5.74, 6) is 0.316. The SMILES string of the molecule is CC(C)C(Nc1ccc(C(F)(F)F)nc1)c1cccs1. The van der Waals surface area contributed by atoms with Crippen molar-refractivity contribution in [3.8, 4) is 0 Å². The number of pyridine rings is 1. The minimum absolute atomic E-state index is 0.0635. The molecule has 1 N–H and O–H groups in total. The average molecular weight is 300 g/mol. The number of aromatic nitrogens is 1. The van der Waals surface area contributed by atoms with Crippen molar-refractivity contribution in [2.24, 2.45) is 5.92 Å². The van der Waals surface area contributed by atoms with Crippen LogP contribution in [0, 0.1) is 5.92 Å². The van der Waals surface area contributed by atoms with Crippen LogP contribution in [-0.2, 0) is 6.18 Å².